The molecule has 4 N–H and O–H groups in total. The Morgan fingerprint density at radius 1 is 1.06 bits per heavy atom. The molecule has 0 spiro atoms. The molecule has 0 bridgehead atoms. The van der Waals surface area contributed by atoms with E-state index >= 15 is 0 Å². The summed E-state index contributed by atoms with van der Waals surface area (Å²) in [6.07, 6.45) is 0. The predicted molar refractivity (Wildman–Crippen MR) is 131 cm³/mol. The number of carboxylic acid groups (broad SMARTS) is 1. The van der Waals surface area contributed by atoms with E-state index in [0.717, 1.165) is 27.6 Å². The lowest BCUT2D eigenvalue weighted by atomic mass is 9.89. The Kier molecular flexibility index (Phi) is 5.26. The SMILES string of the molecule is CNc1ccc(-c2c3ccc(=[N+](C)C)cc-3oc3cc(N(C)C)ccc23)c(C(=O)O)c1N. The summed E-state index contributed by atoms with van der Waals surface area (Å²) in [5.41, 5.74) is 10.9. The van der Waals surface area contributed by atoms with Gasteiger partial charge < -0.3 is 25.5 Å². The van der Waals surface area contributed by atoms with E-state index in [1.54, 1.807) is 19.2 Å². The molecule has 4 rings (SSSR count). The van der Waals surface area contributed by atoms with Crippen molar-refractivity contribution in [3.05, 3.63) is 59.5 Å². The van der Waals surface area contributed by atoms with Crippen molar-refractivity contribution in [3.63, 3.8) is 0 Å². The van der Waals surface area contributed by atoms with Crippen LogP contribution in [0.1, 0.15) is 10.4 Å². The second-order valence-corrected chi connectivity index (χ2v) is 8.13. The van der Waals surface area contributed by atoms with Crippen LogP contribution in [0.2, 0.25) is 0 Å². The second-order valence-electron chi connectivity index (χ2n) is 8.13. The van der Waals surface area contributed by atoms with E-state index in [-0.39, 0.29) is 11.3 Å². The summed E-state index contributed by atoms with van der Waals surface area (Å²) in [4.78, 5) is 14.3. The van der Waals surface area contributed by atoms with Crippen molar-refractivity contribution < 1.29 is 14.3 Å². The number of nitrogens with zero attached hydrogens (tertiary/aromatic N) is 2. The van der Waals surface area contributed by atoms with E-state index in [1.165, 1.54) is 0 Å². The molecule has 0 saturated carbocycles. The Balaban J connectivity index is 2.20. The Morgan fingerprint density at radius 3 is 2.41 bits per heavy atom. The van der Waals surface area contributed by atoms with E-state index in [2.05, 4.69) is 5.32 Å². The first-order valence-corrected chi connectivity index (χ1v) is 10.2. The molecule has 2 aromatic rings. The lowest BCUT2D eigenvalue weighted by Gasteiger charge is -2.20. The molecule has 2 aromatic carbocycles. The summed E-state index contributed by atoms with van der Waals surface area (Å²) in [7, 11) is 9.58. The largest absolute Gasteiger partial charge is 0.478 e. The number of carboxylic acids is 1. The first-order chi connectivity index (χ1) is 15.2. The van der Waals surface area contributed by atoms with E-state index < -0.39 is 5.97 Å². The van der Waals surface area contributed by atoms with Gasteiger partial charge in [-0.15, -0.1) is 0 Å². The molecule has 32 heavy (non-hydrogen) atoms. The third kappa shape index (κ3) is 3.41. The fourth-order valence-corrected chi connectivity index (χ4v) is 3.99. The number of anilines is 3. The molecule has 0 unspecified atom stereocenters. The number of nitrogens with one attached hydrogen (secondary N) is 1. The number of rotatable bonds is 4. The minimum atomic E-state index is -1.08. The third-order valence-electron chi connectivity index (χ3n) is 5.72. The average molecular weight is 432 g/mol. The fraction of sp³-hybridized carbons (Fsp3) is 0.200. The van der Waals surface area contributed by atoms with E-state index in [9.17, 15) is 9.90 Å². The number of fused-ring (bicyclic) bond motifs is 2. The highest BCUT2D eigenvalue weighted by Gasteiger charge is 2.25. The van der Waals surface area contributed by atoms with Gasteiger partial charge >= 0.3 is 5.97 Å². The summed E-state index contributed by atoms with van der Waals surface area (Å²) in [6.45, 7) is 0. The van der Waals surface area contributed by atoms with E-state index in [0.29, 0.717) is 22.6 Å². The van der Waals surface area contributed by atoms with Gasteiger partial charge in [0.15, 0.2) is 0 Å². The highest BCUT2D eigenvalue weighted by molar-refractivity contribution is 6.11. The lowest BCUT2D eigenvalue weighted by molar-refractivity contribution is 0.0699. The predicted octanol–water partition coefficient (Wildman–Crippen LogP) is 3.62. The Labute approximate surface area is 186 Å². The number of hydrogen-bond acceptors (Lipinski definition) is 5. The van der Waals surface area contributed by atoms with E-state index in [4.69, 9.17) is 10.2 Å². The Morgan fingerprint density at radius 2 is 1.78 bits per heavy atom. The maximum absolute atomic E-state index is 12.3. The van der Waals surface area contributed by atoms with Crippen molar-refractivity contribution in [1.82, 2.24) is 4.58 Å². The van der Waals surface area contributed by atoms with Crippen LogP contribution >= 0.6 is 0 Å². The molecule has 0 radical (unpaired) electrons. The van der Waals surface area contributed by atoms with Crippen molar-refractivity contribution in [2.24, 2.45) is 0 Å². The molecule has 1 aliphatic carbocycles. The molecule has 7 nitrogen and oxygen atoms in total. The minimum absolute atomic E-state index is 0.0685. The maximum Gasteiger partial charge on any atom is 0.338 e. The molecule has 0 saturated heterocycles. The van der Waals surface area contributed by atoms with Crippen molar-refractivity contribution in [3.8, 4) is 22.5 Å². The van der Waals surface area contributed by atoms with Gasteiger partial charge in [-0.25, -0.2) is 9.37 Å². The minimum Gasteiger partial charge on any atom is -0.478 e. The van der Waals surface area contributed by atoms with Gasteiger partial charge in [0, 0.05) is 55.5 Å². The molecule has 0 atom stereocenters. The van der Waals surface area contributed by atoms with E-state index in [1.807, 2.05) is 74.1 Å². The summed E-state index contributed by atoms with van der Waals surface area (Å²) in [5, 5.41) is 14.8. The zero-order chi connectivity index (χ0) is 23.2. The molecule has 0 aromatic heterocycles. The second kappa shape index (κ2) is 7.92. The van der Waals surface area contributed by atoms with Crippen LogP contribution < -0.4 is 25.9 Å². The van der Waals surface area contributed by atoms with Gasteiger partial charge in [0.05, 0.1) is 23.0 Å². The van der Waals surface area contributed by atoms with Crippen LogP contribution in [0.3, 0.4) is 0 Å². The van der Waals surface area contributed by atoms with Gasteiger partial charge in [0.25, 0.3) is 0 Å². The number of nitrogen functional groups attached to an aromatic ring is 1. The van der Waals surface area contributed by atoms with Crippen molar-refractivity contribution >= 4 is 34.0 Å². The summed E-state index contributed by atoms with van der Waals surface area (Å²) < 4.78 is 8.32. The van der Waals surface area contributed by atoms with Crippen molar-refractivity contribution in [1.29, 1.82) is 0 Å². The molecule has 0 amide bonds. The summed E-state index contributed by atoms with van der Waals surface area (Å²) in [5.74, 6) is -0.409. The van der Waals surface area contributed by atoms with Gasteiger partial charge in [-0.3, -0.25) is 0 Å². The van der Waals surface area contributed by atoms with Crippen LogP contribution in [0.5, 0.6) is 0 Å². The third-order valence-corrected chi connectivity index (χ3v) is 5.72. The highest BCUT2D eigenvalue weighted by Crippen LogP contribution is 2.44. The number of benzene rings is 3. The van der Waals surface area contributed by atoms with Crippen LogP contribution in [-0.4, -0.2) is 46.3 Å². The van der Waals surface area contributed by atoms with Gasteiger partial charge in [0.1, 0.15) is 25.4 Å². The van der Waals surface area contributed by atoms with Crippen molar-refractivity contribution in [2.45, 2.75) is 0 Å². The number of nitrogens with two attached hydrogens (primary N) is 1. The fourth-order valence-electron chi connectivity index (χ4n) is 3.99. The zero-order valence-electron chi connectivity index (χ0n) is 18.9. The Hall–Kier alpha value is -4.00. The summed E-state index contributed by atoms with van der Waals surface area (Å²) >= 11 is 0. The molecule has 1 heterocycles. The van der Waals surface area contributed by atoms with Gasteiger partial charge in [-0.2, -0.15) is 0 Å². The van der Waals surface area contributed by atoms with Crippen LogP contribution in [0.25, 0.3) is 33.4 Å². The Bertz CT molecular complexity index is 1400. The van der Waals surface area contributed by atoms with Crippen LogP contribution in [0, 0.1) is 0 Å². The number of aromatic carboxylic acids is 1. The lowest BCUT2D eigenvalue weighted by Crippen LogP contribution is -2.21. The van der Waals surface area contributed by atoms with Crippen LogP contribution in [-0.2, 0) is 0 Å². The van der Waals surface area contributed by atoms with Crippen molar-refractivity contribution in [2.75, 3.05) is 51.2 Å². The normalized spacial score (nSPS) is 11.0. The molecular weight excluding hydrogens is 404 g/mol. The maximum atomic E-state index is 12.3. The number of carbonyl (C=O) groups is 1. The number of hydrogen-bond donors (Lipinski definition) is 3. The average Bonchev–Trinajstić information content (AvgIpc) is 2.76. The van der Waals surface area contributed by atoms with Gasteiger partial charge in [-0.1, -0.05) is 6.07 Å². The van der Waals surface area contributed by atoms with Crippen LogP contribution in [0.15, 0.2) is 52.9 Å². The highest BCUT2D eigenvalue weighted by atomic mass is 16.4. The molecule has 2 aliphatic rings. The van der Waals surface area contributed by atoms with Gasteiger partial charge in [0.2, 0.25) is 5.36 Å². The summed E-state index contributed by atoms with van der Waals surface area (Å²) in [6, 6.07) is 15.5. The van der Waals surface area contributed by atoms with Gasteiger partial charge in [-0.05, 0) is 29.8 Å². The topological polar surface area (TPSA) is 94.7 Å². The first kappa shape index (κ1) is 21.2. The molecule has 7 heteroatoms. The smallest absolute Gasteiger partial charge is 0.338 e. The molecule has 0 fully saturated rings. The zero-order valence-corrected chi connectivity index (χ0v) is 18.9. The first-order valence-electron chi connectivity index (χ1n) is 10.2. The molecule has 164 valence electrons. The monoisotopic (exact) mass is 431 g/mol. The quantitative estimate of drug-likeness (QED) is 0.260. The van der Waals surface area contributed by atoms with Crippen LogP contribution in [0.4, 0.5) is 17.1 Å². The standard InChI is InChI=1S/C25H26N4O3/c1-27-19-11-10-18(23(24(19)26)25(30)31)22-16-8-6-14(28(2)3)12-20(16)32-21-13-15(29(4)5)7-9-17(21)22/h6-13H,26H2,1-5H3,(H,30,31)/p+1. The molecular formula is C25H27N4O3+. The molecule has 1 aliphatic heterocycles.